The van der Waals surface area contributed by atoms with Crippen molar-refractivity contribution in [2.45, 2.75) is 57.3 Å². The minimum Gasteiger partial charge on any atom is -0.480 e. The summed E-state index contributed by atoms with van der Waals surface area (Å²) in [7, 11) is 0. The van der Waals surface area contributed by atoms with Crippen molar-refractivity contribution in [1.82, 2.24) is 35.9 Å². The molecule has 0 aliphatic carbocycles. The molecule has 2 heterocycles. The number of aromatic amines is 2. The second-order valence-electron chi connectivity index (χ2n) is 8.18. The molecular weight excluding hydrogens is 476 g/mol. The standard InChI is InChI=1S/C21H32N8O5S/c1-3-11(2)17(20(32)28-16(8-35)21(33)34)29-19(31)15(5-13-7-24-10-26-13)27-18(30)14(22)4-12-6-23-9-25-12/h6-7,9-11,14-17,35H,3-5,8,22H2,1-2H3,(H,23,25)(H,24,26)(H,27,30)(H,28,32)(H,29,31)(H,33,34). The Morgan fingerprint density at radius 1 is 0.971 bits per heavy atom. The predicted molar refractivity (Wildman–Crippen MR) is 129 cm³/mol. The quantitative estimate of drug-likeness (QED) is 0.144. The van der Waals surface area contributed by atoms with E-state index in [-0.39, 0.29) is 24.5 Å². The molecule has 2 aromatic heterocycles. The van der Waals surface area contributed by atoms with Crippen LogP contribution in [-0.2, 0) is 32.0 Å². The van der Waals surface area contributed by atoms with Crippen LogP contribution in [0, 0.1) is 5.92 Å². The molecule has 0 fully saturated rings. The summed E-state index contributed by atoms with van der Waals surface area (Å²) in [5.74, 6) is -3.52. The number of carboxylic acids is 1. The van der Waals surface area contributed by atoms with Gasteiger partial charge in [0, 0.05) is 42.4 Å². The smallest absolute Gasteiger partial charge is 0.327 e. The van der Waals surface area contributed by atoms with E-state index in [0.717, 1.165) is 0 Å². The average molecular weight is 509 g/mol. The summed E-state index contributed by atoms with van der Waals surface area (Å²) in [6.07, 6.45) is 6.75. The first kappa shape index (κ1) is 27.9. The van der Waals surface area contributed by atoms with Gasteiger partial charge in [-0.05, 0) is 5.92 Å². The van der Waals surface area contributed by atoms with Crippen molar-refractivity contribution in [3.8, 4) is 0 Å². The molecule has 5 unspecified atom stereocenters. The van der Waals surface area contributed by atoms with Crippen LogP contribution in [0.25, 0.3) is 0 Å². The first-order valence-corrected chi connectivity index (χ1v) is 11.7. The number of carboxylic acid groups (broad SMARTS) is 1. The fourth-order valence-electron chi connectivity index (χ4n) is 3.23. The number of aromatic nitrogens is 4. The number of thiol groups is 1. The van der Waals surface area contributed by atoms with E-state index in [2.05, 4.69) is 48.5 Å². The second kappa shape index (κ2) is 13.5. The van der Waals surface area contributed by atoms with Gasteiger partial charge in [-0.25, -0.2) is 14.8 Å². The van der Waals surface area contributed by atoms with Crippen LogP contribution in [0.15, 0.2) is 25.0 Å². The van der Waals surface area contributed by atoms with Gasteiger partial charge in [0.05, 0.1) is 18.7 Å². The minimum atomic E-state index is -1.24. The Morgan fingerprint density at radius 2 is 1.54 bits per heavy atom. The van der Waals surface area contributed by atoms with Crippen molar-refractivity contribution < 1.29 is 24.3 Å². The van der Waals surface area contributed by atoms with E-state index in [9.17, 15) is 24.3 Å². The van der Waals surface area contributed by atoms with Crippen molar-refractivity contribution in [1.29, 1.82) is 0 Å². The molecule has 0 spiro atoms. The van der Waals surface area contributed by atoms with E-state index in [1.807, 2.05) is 6.92 Å². The molecule has 192 valence electrons. The van der Waals surface area contributed by atoms with E-state index < -0.39 is 47.9 Å². The number of rotatable bonds is 14. The van der Waals surface area contributed by atoms with Crippen molar-refractivity contribution in [2.24, 2.45) is 11.7 Å². The Hall–Kier alpha value is -3.39. The molecule has 35 heavy (non-hydrogen) atoms. The number of carbonyl (C=O) groups excluding carboxylic acids is 3. The number of nitrogens with zero attached hydrogens (tertiary/aromatic N) is 2. The molecule has 0 bridgehead atoms. The molecule has 14 heteroatoms. The van der Waals surface area contributed by atoms with Crippen LogP contribution in [0.3, 0.4) is 0 Å². The van der Waals surface area contributed by atoms with E-state index in [1.54, 1.807) is 13.1 Å². The summed E-state index contributed by atoms with van der Waals surface area (Å²) in [6.45, 7) is 3.59. The van der Waals surface area contributed by atoms with Crippen molar-refractivity contribution in [3.05, 3.63) is 36.4 Å². The lowest BCUT2D eigenvalue weighted by molar-refractivity contribution is -0.142. The molecule has 8 N–H and O–H groups in total. The first-order chi connectivity index (χ1) is 16.7. The summed E-state index contributed by atoms with van der Waals surface area (Å²) >= 11 is 3.95. The van der Waals surface area contributed by atoms with Gasteiger partial charge < -0.3 is 36.8 Å². The average Bonchev–Trinajstić information content (AvgIpc) is 3.53. The number of amides is 3. The fraction of sp³-hybridized carbons (Fsp3) is 0.524. The molecule has 0 saturated carbocycles. The number of carbonyl (C=O) groups is 4. The molecule has 0 aromatic carbocycles. The minimum absolute atomic E-state index is 0.0671. The summed E-state index contributed by atoms with van der Waals surface area (Å²) in [6, 6.07) is -4.27. The second-order valence-corrected chi connectivity index (χ2v) is 8.55. The lowest BCUT2D eigenvalue weighted by Crippen LogP contribution is -2.59. The molecule has 2 aromatic rings. The van der Waals surface area contributed by atoms with E-state index in [4.69, 9.17) is 5.73 Å². The Morgan fingerprint density at radius 3 is 2.03 bits per heavy atom. The lowest BCUT2D eigenvalue weighted by Gasteiger charge is -2.27. The third-order valence-electron chi connectivity index (χ3n) is 5.53. The van der Waals surface area contributed by atoms with Crippen molar-refractivity contribution >= 4 is 36.3 Å². The normalized spacial score (nSPS) is 15.3. The zero-order chi connectivity index (χ0) is 26.0. The van der Waals surface area contributed by atoms with Gasteiger partial charge in [0.25, 0.3) is 0 Å². The lowest BCUT2D eigenvalue weighted by atomic mass is 9.97. The van der Waals surface area contributed by atoms with Crippen LogP contribution in [0.4, 0.5) is 0 Å². The first-order valence-electron chi connectivity index (χ1n) is 11.1. The highest BCUT2D eigenvalue weighted by Crippen LogP contribution is 2.10. The van der Waals surface area contributed by atoms with Gasteiger partial charge >= 0.3 is 5.97 Å². The van der Waals surface area contributed by atoms with Crippen LogP contribution in [0.5, 0.6) is 0 Å². The Labute approximate surface area is 207 Å². The number of hydrogen-bond acceptors (Lipinski definition) is 8. The molecular formula is C21H32N8O5S. The van der Waals surface area contributed by atoms with Gasteiger partial charge in [-0.3, -0.25) is 14.4 Å². The Bertz CT molecular complexity index is 969. The van der Waals surface area contributed by atoms with E-state index in [0.29, 0.717) is 17.8 Å². The number of nitrogens with two attached hydrogens (primary N) is 1. The summed E-state index contributed by atoms with van der Waals surface area (Å²) in [5, 5.41) is 16.9. The van der Waals surface area contributed by atoms with Gasteiger partial charge in [-0.2, -0.15) is 12.6 Å². The number of imidazole rings is 2. The van der Waals surface area contributed by atoms with Gasteiger partial charge in [0.15, 0.2) is 0 Å². The number of aliphatic carboxylic acids is 1. The van der Waals surface area contributed by atoms with Crippen LogP contribution in [-0.4, -0.2) is 78.7 Å². The summed E-state index contributed by atoms with van der Waals surface area (Å²) in [4.78, 5) is 63.7. The van der Waals surface area contributed by atoms with Crippen LogP contribution in [0.2, 0.25) is 0 Å². The van der Waals surface area contributed by atoms with Crippen LogP contribution >= 0.6 is 12.6 Å². The van der Waals surface area contributed by atoms with Crippen molar-refractivity contribution in [2.75, 3.05) is 5.75 Å². The molecule has 0 aliphatic heterocycles. The predicted octanol–water partition coefficient (Wildman–Crippen LogP) is -1.24. The van der Waals surface area contributed by atoms with Crippen molar-refractivity contribution in [3.63, 3.8) is 0 Å². The highest BCUT2D eigenvalue weighted by molar-refractivity contribution is 7.80. The Kier molecular flexibility index (Phi) is 10.7. The molecule has 0 saturated heterocycles. The zero-order valence-electron chi connectivity index (χ0n) is 19.5. The van der Waals surface area contributed by atoms with Gasteiger partial charge in [0.2, 0.25) is 17.7 Å². The molecule has 0 aliphatic rings. The molecule has 0 radical (unpaired) electrons. The molecule has 5 atom stereocenters. The maximum Gasteiger partial charge on any atom is 0.327 e. The third-order valence-corrected chi connectivity index (χ3v) is 5.90. The maximum atomic E-state index is 13.2. The number of H-pyrrole nitrogens is 2. The van der Waals surface area contributed by atoms with E-state index >= 15 is 0 Å². The monoisotopic (exact) mass is 508 g/mol. The Balaban J connectivity index is 2.16. The number of hydrogen-bond donors (Lipinski definition) is 8. The third kappa shape index (κ3) is 8.40. The van der Waals surface area contributed by atoms with Gasteiger partial charge in [-0.15, -0.1) is 0 Å². The zero-order valence-corrected chi connectivity index (χ0v) is 20.4. The van der Waals surface area contributed by atoms with Gasteiger partial charge in [-0.1, -0.05) is 20.3 Å². The van der Waals surface area contributed by atoms with E-state index in [1.165, 1.54) is 18.9 Å². The topological polar surface area (TPSA) is 208 Å². The SMILES string of the molecule is CCC(C)C(NC(=O)C(Cc1cnc[nH]1)NC(=O)C(N)Cc1cnc[nH]1)C(=O)NC(CS)C(=O)O. The van der Waals surface area contributed by atoms with Crippen LogP contribution in [0.1, 0.15) is 31.7 Å². The molecule has 2 rings (SSSR count). The molecule has 13 nitrogen and oxygen atoms in total. The maximum absolute atomic E-state index is 13.2. The van der Waals surface area contributed by atoms with Crippen LogP contribution < -0.4 is 21.7 Å². The summed E-state index contributed by atoms with van der Waals surface area (Å²) < 4.78 is 0. The molecule has 3 amide bonds. The fourth-order valence-corrected chi connectivity index (χ4v) is 3.48. The summed E-state index contributed by atoms with van der Waals surface area (Å²) in [5.41, 5.74) is 7.25. The highest BCUT2D eigenvalue weighted by atomic mass is 32.1. The number of nitrogens with one attached hydrogen (secondary N) is 5. The highest BCUT2D eigenvalue weighted by Gasteiger charge is 2.32. The largest absolute Gasteiger partial charge is 0.480 e. The van der Waals surface area contributed by atoms with Gasteiger partial charge in [0.1, 0.15) is 18.1 Å².